The summed E-state index contributed by atoms with van der Waals surface area (Å²) in [5.41, 5.74) is 0. The van der Waals surface area contributed by atoms with Crippen molar-refractivity contribution in [3.05, 3.63) is 35.2 Å². The van der Waals surface area contributed by atoms with Gasteiger partial charge in [-0.1, -0.05) is 18.2 Å². The highest BCUT2D eigenvalue weighted by Gasteiger charge is 2.06. The largest absolute Gasteiger partial charge is 0.344 e. The van der Waals surface area contributed by atoms with Crippen LogP contribution in [0.5, 0.6) is 0 Å². The molecule has 0 saturated heterocycles. The van der Waals surface area contributed by atoms with Crippen molar-refractivity contribution in [1.29, 1.82) is 0 Å². The van der Waals surface area contributed by atoms with Gasteiger partial charge < -0.3 is 6.15 Å². The Morgan fingerprint density at radius 2 is 2.12 bits per heavy atom. The smallest absolute Gasteiger partial charge is 0.242 e. The maximum atomic E-state index is 10.8. The van der Waals surface area contributed by atoms with Gasteiger partial charge in [-0.3, -0.25) is 10.0 Å². The van der Waals surface area contributed by atoms with Crippen LogP contribution in [0.1, 0.15) is 11.8 Å². The molecule has 1 amide bonds. The first-order valence-electron chi connectivity index (χ1n) is 5.11. The fourth-order valence-corrected chi connectivity index (χ4v) is 2.59. The fourth-order valence-electron chi connectivity index (χ4n) is 1.53. The predicted octanol–water partition coefficient (Wildman–Crippen LogP) is 2.84. The molecule has 17 heavy (non-hydrogen) atoms. The van der Waals surface area contributed by atoms with E-state index in [9.17, 15) is 10.0 Å². The zero-order valence-corrected chi connectivity index (χ0v) is 10.5. The van der Waals surface area contributed by atoms with Gasteiger partial charge in [0.25, 0.3) is 0 Å². The number of amides is 1. The Labute approximate surface area is 104 Å². The molecular weight excluding hydrogens is 236 g/mol. The third-order valence-corrected chi connectivity index (χ3v) is 3.59. The van der Waals surface area contributed by atoms with Gasteiger partial charge in [-0.05, 0) is 17.5 Å². The summed E-state index contributed by atoms with van der Waals surface area (Å²) < 4.78 is 1.24. The third-order valence-electron chi connectivity index (χ3n) is 2.41. The van der Waals surface area contributed by atoms with Crippen molar-refractivity contribution >= 4 is 27.3 Å². The number of benzene rings is 1. The van der Waals surface area contributed by atoms with Crippen LogP contribution in [0, 0.1) is 0 Å². The second-order valence-electron chi connectivity index (χ2n) is 3.64. The van der Waals surface area contributed by atoms with Gasteiger partial charge in [0.1, 0.15) is 0 Å². The van der Waals surface area contributed by atoms with E-state index in [4.69, 9.17) is 0 Å². The molecule has 0 spiro atoms. The highest BCUT2D eigenvalue weighted by molar-refractivity contribution is 7.19. The van der Waals surface area contributed by atoms with Gasteiger partial charge in [-0.2, -0.15) is 0 Å². The Hall–Kier alpha value is -1.43. The number of hydrogen-bond donors (Lipinski definition) is 2. The molecule has 92 valence electrons. The molecule has 1 aromatic heterocycles. The van der Waals surface area contributed by atoms with Crippen LogP contribution in [0.15, 0.2) is 30.3 Å². The third kappa shape index (κ3) is 3.26. The average Bonchev–Trinajstić information content (AvgIpc) is 2.68. The minimum absolute atomic E-state index is 0. The number of carbonyl (C=O) groups excluding carboxylic acids is 1. The van der Waals surface area contributed by atoms with E-state index in [2.05, 4.69) is 18.2 Å². The Bertz CT molecular complexity index is 477. The lowest BCUT2D eigenvalue weighted by Crippen LogP contribution is -2.26. The van der Waals surface area contributed by atoms with Gasteiger partial charge in [-0.15, -0.1) is 11.3 Å². The SMILES string of the molecule is CC(=O)N(O)CCc1cc2ccccc2s1.N. The summed E-state index contributed by atoms with van der Waals surface area (Å²) in [6, 6.07) is 10.3. The van der Waals surface area contributed by atoms with Crippen molar-refractivity contribution in [1.82, 2.24) is 11.2 Å². The molecule has 0 saturated carbocycles. The van der Waals surface area contributed by atoms with Gasteiger partial charge in [0, 0.05) is 22.9 Å². The van der Waals surface area contributed by atoms with E-state index in [0.29, 0.717) is 13.0 Å². The zero-order valence-electron chi connectivity index (χ0n) is 9.72. The van der Waals surface area contributed by atoms with Crippen molar-refractivity contribution in [2.75, 3.05) is 6.54 Å². The normalized spacial score (nSPS) is 10.0. The topological polar surface area (TPSA) is 75.5 Å². The lowest BCUT2D eigenvalue weighted by molar-refractivity contribution is -0.162. The number of nitrogens with zero attached hydrogens (tertiary/aromatic N) is 1. The summed E-state index contributed by atoms with van der Waals surface area (Å²) in [5.74, 6) is -0.318. The molecule has 0 bridgehead atoms. The summed E-state index contributed by atoms with van der Waals surface area (Å²) in [6.07, 6.45) is 0.690. The Morgan fingerprint density at radius 1 is 1.41 bits per heavy atom. The maximum Gasteiger partial charge on any atom is 0.242 e. The highest BCUT2D eigenvalue weighted by Crippen LogP contribution is 2.25. The van der Waals surface area contributed by atoms with Crippen molar-refractivity contribution in [3.8, 4) is 0 Å². The first kappa shape index (κ1) is 13.6. The van der Waals surface area contributed by atoms with E-state index in [1.54, 1.807) is 11.3 Å². The summed E-state index contributed by atoms with van der Waals surface area (Å²) in [4.78, 5) is 12.0. The van der Waals surface area contributed by atoms with E-state index < -0.39 is 0 Å². The van der Waals surface area contributed by atoms with Crippen LogP contribution >= 0.6 is 11.3 Å². The highest BCUT2D eigenvalue weighted by atomic mass is 32.1. The number of thiophene rings is 1. The van der Waals surface area contributed by atoms with Gasteiger partial charge in [0.05, 0.1) is 6.54 Å². The van der Waals surface area contributed by atoms with Crippen LogP contribution in [0.3, 0.4) is 0 Å². The summed E-state index contributed by atoms with van der Waals surface area (Å²) in [6.45, 7) is 1.70. The zero-order chi connectivity index (χ0) is 11.5. The number of hydrogen-bond acceptors (Lipinski definition) is 4. The van der Waals surface area contributed by atoms with Crippen LogP contribution in [0.25, 0.3) is 10.1 Å². The maximum absolute atomic E-state index is 10.8. The fraction of sp³-hybridized carbons (Fsp3) is 0.250. The molecule has 4 nitrogen and oxygen atoms in total. The minimum atomic E-state index is -0.318. The number of rotatable bonds is 3. The van der Waals surface area contributed by atoms with Crippen molar-refractivity contribution in [3.63, 3.8) is 0 Å². The molecule has 0 radical (unpaired) electrons. The van der Waals surface area contributed by atoms with Crippen molar-refractivity contribution < 1.29 is 10.0 Å². The van der Waals surface area contributed by atoms with Crippen LogP contribution in [-0.2, 0) is 11.2 Å². The molecule has 1 heterocycles. The summed E-state index contributed by atoms with van der Waals surface area (Å²) >= 11 is 1.70. The van der Waals surface area contributed by atoms with Gasteiger partial charge in [-0.25, -0.2) is 5.06 Å². The Morgan fingerprint density at radius 3 is 2.76 bits per heavy atom. The lowest BCUT2D eigenvalue weighted by Gasteiger charge is -2.10. The van der Waals surface area contributed by atoms with Crippen LogP contribution in [0.2, 0.25) is 0 Å². The minimum Gasteiger partial charge on any atom is -0.344 e. The molecule has 0 fully saturated rings. The molecule has 0 unspecified atom stereocenters. The van der Waals surface area contributed by atoms with Gasteiger partial charge >= 0.3 is 0 Å². The first-order chi connectivity index (χ1) is 7.66. The molecule has 5 heteroatoms. The van der Waals surface area contributed by atoms with Crippen molar-refractivity contribution in [2.24, 2.45) is 0 Å². The Balaban J connectivity index is 0.00000144. The average molecular weight is 252 g/mol. The van der Waals surface area contributed by atoms with Crippen LogP contribution in [-0.4, -0.2) is 22.7 Å². The second kappa shape index (κ2) is 5.77. The lowest BCUT2D eigenvalue weighted by atomic mass is 10.2. The number of carbonyl (C=O) groups is 1. The van der Waals surface area contributed by atoms with Crippen molar-refractivity contribution in [2.45, 2.75) is 13.3 Å². The molecule has 2 aromatic rings. The molecule has 0 aliphatic carbocycles. The van der Waals surface area contributed by atoms with Crippen LogP contribution < -0.4 is 6.15 Å². The van der Waals surface area contributed by atoms with Gasteiger partial charge in [0.2, 0.25) is 5.91 Å². The molecule has 0 aliphatic heterocycles. The van der Waals surface area contributed by atoms with E-state index in [0.717, 1.165) is 5.06 Å². The molecule has 0 atom stereocenters. The molecular formula is C12H16N2O2S. The quantitative estimate of drug-likeness (QED) is 0.651. The molecule has 0 aliphatic rings. The standard InChI is InChI=1S/C12H13NO2S.H3N/c1-9(14)13(15)7-6-11-8-10-4-2-3-5-12(10)16-11;/h2-5,8,15H,6-7H2,1H3;1H3. The molecule has 2 rings (SSSR count). The van der Waals surface area contributed by atoms with E-state index in [-0.39, 0.29) is 12.1 Å². The van der Waals surface area contributed by atoms with Crippen LogP contribution in [0.4, 0.5) is 0 Å². The molecule has 1 aromatic carbocycles. The van der Waals surface area contributed by atoms with E-state index >= 15 is 0 Å². The van der Waals surface area contributed by atoms with E-state index in [1.807, 2.05) is 12.1 Å². The molecule has 4 N–H and O–H groups in total. The first-order valence-corrected chi connectivity index (χ1v) is 5.93. The monoisotopic (exact) mass is 252 g/mol. The number of fused-ring (bicyclic) bond motifs is 1. The summed E-state index contributed by atoms with van der Waals surface area (Å²) in [7, 11) is 0. The predicted molar refractivity (Wildman–Crippen MR) is 69.7 cm³/mol. The van der Waals surface area contributed by atoms with E-state index in [1.165, 1.54) is 21.9 Å². The van der Waals surface area contributed by atoms with Gasteiger partial charge in [0.15, 0.2) is 0 Å². The second-order valence-corrected chi connectivity index (χ2v) is 4.81. The number of hydroxylamine groups is 2. The Kier molecular flexibility index (Phi) is 4.62. The summed E-state index contributed by atoms with van der Waals surface area (Å²) in [5, 5.41) is 11.2.